The van der Waals surface area contributed by atoms with Crippen molar-refractivity contribution in [1.82, 2.24) is 0 Å². The molecule has 1 aliphatic carbocycles. The molecule has 1 N–H and O–H groups in total. The number of methoxy groups -OCH3 is 1. The summed E-state index contributed by atoms with van der Waals surface area (Å²) in [6.07, 6.45) is 4.78. The van der Waals surface area contributed by atoms with Crippen LogP contribution in [0.1, 0.15) is 45.1 Å². The Kier molecular flexibility index (Phi) is 3.67. The second-order valence-electron chi connectivity index (χ2n) is 6.41. The van der Waals surface area contributed by atoms with Gasteiger partial charge in [0.1, 0.15) is 5.75 Å². The maximum Gasteiger partial charge on any atom is 0.122 e. The van der Waals surface area contributed by atoms with Crippen molar-refractivity contribution in [3.05, 3.63) is 29.8 Å². The summed E-state index contributed by atoms with van der Waals surface area (Å²) in [7, 11) is 1.69. The summed E-state index contributed by atoms with van der Waals surface area (Å²) in [6.45, 7) is 4.50. The van der Waals surface area contributed by atoms with Crippen LogP contribution in [-0.4, -0.2) is 17.8 Å². The second-order valence-corrected chi connectivity index (χ2v) is 6.41. The van der Waals surface area contributed by atoms with Gasteiger partial charge in [0.05, 0.1) is 12.7 Å². The van der Waals surface area contributed by atoms with E-state index in [0.29, 0.717) is 6.42 Å². The van der Waals surface area contributed by atoms with Crippen molar-refractivity contribution in [2.75, 3.05) is 7.11 Å². The van der Waals surface area contributed by atoms with Crippen molar-refractivity contribution in [3.63, 3.8) is 0 Å². The first-order valence-electron chi connectivity index (χ1n) is 6.78. The van der Waals surface area contributed by atoms with Crippen LogP contribution in [0.5, 0.6) is 5.75 Å². The molecule has 0 aromatic heterocycles. The van der Waals surface area contributed by atoms with Crippen LogP contribution in [-0.2, 0) is 6.42 Å². The molecule has 1 fully saturated rings. The Hall–Kier alpha value is -1.02. The lowest BCUT2D eigenvalue weighted by Crippen LogP contribution is -2.40. The minimum absolute atomic E-state index is 0.245. The van der Waals surface area contributed by atoms with Gasteiger partial charge in [-0.2, -0.15) is 0 Å². The van der Waals surface area contributed by atoms with Crippen LogP contribution in [0.2, 0.25) is 0 Å². The standard InChI is InChI=1S/C16H24O2/c1-15(2)9-6-10-16(17,12-15)11-13-7-4-5-8-14(13)18-3/h4-5,7-8,17H,6,9-12H2,1-3H3. The zero-order chi connectivity index (χ0) is 13.2. The molecule has 1 aliphatic rings. The topological polar surface area (TPSA) is 29.5 Å². The Labute approximate surface area is 110 Å². The minimum atomic E-state index is -0.573. The summed E-state index contributed by atoms with van der Waals surface area (Å²) < 4.78 is 5.37. The van der Waals surface area contributed by atoms with Gasteiger partial charge < -0.3 is 9.84 Å². The van der Waals surface area contributed by atoms with Gasteiger partial charge in [0, 0.05) is 6.42 Å². The van der Waals surface area contributed by atoms with Gasteiger partial charge in [-0.25, -0.2) is 0 Å². The fourth-order valence-electron chi connectivity index (χ4n) is 3.32. The molecule has 18 heavy (non-hydrogen) atoms. The highest BCUT2D eigenvalue weighted by molar-refractivity contribution is 5.34. The van der Waals surface area contributed by atoms with Crippen molar-refractivity contribution in [1.29, 1.82) is 0 Å². The average Bonchev–Trinajstić information content (AvgIpc) is 2.27. The molecule has 100 valence electrons. The quantitative estimate of drug-likeness (QED) is 0.886. The number of aliphatic hydroxyl groups is 1. The number of benzene rings is 1. The molecule has 0 radical (unpaired) electrons. The summed E-state index contributed by atoms with van der Waals surface area (Å²) in [6, 6.07) is 8.00. The van der Waals surface area contributed by atoms with E-state index in [0.717, 1.165) is 30.6 Å². The monoisotopic (exact) mass is 248 g/mol. The number of para-hydroxylation sites is 1. The van der Waals surface area contributed by atoms with Crippen molar-refractivity contribution < 1.29 is 9.84 Å². The van der Waals surface area contributed by atoms with E-state index < -0.39 is 5.60 Å². The van der Waals surface area contributed by atoms with Crippen molar-refractivity contribution in [3.8, 4) is 5.75 Å². The summed E-state index contributed by atoms with van der Waals surface area (Å²) in [5, 5.41) is 10.8. The molecule has 2 rings (SSSR count). The Balaban J connectivity index is 2.17. The molecular formula is C16H24O2. The fraction of sp³-hybridized carbons (Fsp3) is 0.625. The molecule has 2 nitrogen and oxygen atoms in total. The summed E-state index contributed by atoms with van der Waals surface area (Å²) >= 11 is 0. The molecule has 0 aliphatic heterocycles. The summed E-state index contributed by atoms with van der Waals surface area (Å²) in [5.74, 6) is 0.884. The van der Waals surface area contributed by atoms with Gasteiger partial charge in [0.2, 0.25) is 0 Å². The Morgan fingerprint density at radius 2 is 1.94 bits per heavy atom. The maximum atomic E-state index is 10.8. The molecule has 2 heteroatoms. The van der Waals surface area contributed by atoms with E-state index in [1.807, 2.05) is 18.2 Å². The first kappa shape index (κ1) is 13.4. The zero-order valence-corrected chi connectivity index (χ0v) is 11.7. The molecule has 1 aromatic rings. The van der Waals surface area contributed by atoms with Crippen molar-refractivity contribution in [2.24, 2.45) is 5.41 Å². The first-order valence-corrected chi connectivity index (χ1v) is 6.78. The Bertz CT molecular complexity index is 411. The van der Waals surface area contributed by atoms with Gasteiger partial charge in [0.15, 0.2) is 0 Å². The van der Waals surface area contributed by atoms with E-state index >= 15 is 0 Å². The second kappa shape index (κ2) is 4.93. The summed E-state index contributed by atoms with van der Waals surface area (Å²) in [4.78, 5) is 0. The highest BCUT2D eigenvalue weighted by Crippen LogP contribution is 2.43. The van der Waals surface area contributed by atoms with Crippen LogP contribution >= 0.6 is 0 Å². The van der Waals surface area contributed by atoms with Crippen molar-refractivity contribution in [2.45, 2.75) is 51.6 Å². The molecule has 0 spiro atoms. The van der Waals surface area contributed by atoms with Crippen LogP contribution in [0.4, 0.5) is 0 Å². The maximum absolute atomic E-state index is 10.8. The van der Waals surface area contributed by atoms with E-state index in [9.17, 15) is 5.11 Å². The number of hydrogen-bond acceptors (Lipinski definition) is 2. The van der Waals surface area contributed by atoms with E-state index in [1.165, 1.54) is 6.42 Å². The van der Waals surface area contributed by atoms with Gasteiger partial charge >= 0.3 is 0 Å². The van der Waals surface area contributed by atoms with E-state index in [1.54, 1.807) is 7.11 Å². The van der Waals surface area contributed by atoms with Gasteiger partial charge in [-0.3, -0.25) is 0 Å². The first-order chi connectivity index (χ1) is 8.44. The van der Waals surface area contributed by atoms with Crippen molar-refractivity contribution >= 4 is 0 Å². The molecular weight excluding hydrogens is 224 g/mol. The fourth-order valence-corrected chi connectivity index (χ4v) is 3.32. The predicted molar refractivity (Wildman–Crippen MR) is 73.9 cm³/mol. The van der Waals surface area contributed by atoms with E-state index in [-0.39, 0.29) is 5.41 Å². The van der Waals surface area contributed by atoms with Crippen LogP contribution in [0.15, 0.2) is 24.3 Å². The Morgan fingerprint density at radius 3 is 2.61 bits per heavy atom. The Morgan fingerprint density at radius 1 is 1.22 bits per heavy atom. The average molecular weight is 248 g/mol. The van der Waals surface area contributed by atoms with Gasteiger partial charge in [0.25, 0.3) is 0 Å². The zero-order valence-electron chi connectivity index (χ0n) is 11.7. The highest BCUT2D eigenvalue weighted by Gasteiger charge is 2.38. The molecule has 1 saturated carbocycles. The molecule has 0 saturated heterocycles. The molecule has 1 aromatic carbocycles. The van der Waals surface area contributed by atoms with Gasteiger partial charge in [-0.1, -0.05) is 38.5 Å². The van der Waals surface area contributed by atoms with Gasteiger partial charge in [-0.15, -0.1) is 0 Å². The smallest absolute Gasteiger partial charge is 0.122 e. The third-order valence-electron chi connectivity index (χ3n) is 4.02. The largest absolute Gasteiger partial charge is 0.496 e. The molecule has 0 heterocycles. The lowest BCUT2D eigenvalue weighted by molar-refractivity contribution is -0.0385. The summed E-state index contributed by atoms with van der Waals surface area (Å²) in [5.41, 5.74) is 0.783. The van der Waals surface area contributed by atoms with Crippen LogP contribution in [0.3, 0.4) is 0 Å². The van der Waals surface area contributed by atoms with Crippen LogP contribution < -0.4 is 4.74 Å². The molecule has 1 unspecified atom stereocenters. The molecule has 0 bridgehead atoms. The normalized spacial score (nSPS) is 26.9. The third-order valence-corrected chi connectivity index (χ3v) is 4.02. The lowest BCUT2D eigenvalue weighted by atomic mass is 9.68. The highest BCUT2D eigenvalue weighted by atomic mass is 16.5. The lowest BCUT2D eigenvalue weighted by Gasteiger charge is -2.41. The van der Waals surface area contributed by atoms with Crippen LogP contribution in [0.25, 0.3) is 0 Å². The molecule has 1 atom stereocenters. The number of ether oxygens (including phenoxy) is 1. The van der Waals surface area contributed by atoms with E-state index in [4.69, 9.17) is 4.74 Å². The number of rotatable bonds is 3. The van der Waals surface area contributed by atoms with Gasteiger partial charge in [-0.05, 0) is 36.3 Å². The van der Waals surface area contributed by atoms with Crippen LogP contribution in [0, 0.1) is 5.41 Å². The SMILES string of the molecule is COc1ccccc1CC1(O)CCCC(C)(C)C1. The van der Waals surface area contributed by atoms with E-state index in [2.05, 4.69) is 19.9 Å². The third kappa shape index (κ3) is 3.05. The number of hydrogen-bond donors (Lipinski definition) is 1. The molecule has 0 amide bonds. The minimum Gasteiger partial charge on any atom is -0.496 e. The predicted octanol–water partition coefficient (Wildman–Crippen LogP) is 3.57.